The molecule has 2 aromatic rings. The van der Waals surface area contributed by atoms with Crippen LogP contribution in [0, 0.1) is 19.8 Å². The number of hydrogen-bond donors (Lipinski definition) is 0. The first-order valence-electron chi connectivity index (χ1n) is 10.3. The van der Waals surface area contributed by atoms with Crippen LogP contribution in [0.2, 0.25) is 5.02 Å². The predicted molar refractivity (Wildman–Crippen MR) is 112 cm³/mol. The largest absolute Gasteiger partial charge is 0.379 e. The minimum absolute atomic E-state index is 0.0943. The summed E-state index contributed by atoms with van der Waals surface area (Å²) in [6.45, 7) is 10.2. The van der Waals surface area contributed by atoms with Gasteiger partial charge in [0.15, 0.2) is 5.82 Å². The van der Waals surface area contributed by atoms with Crippen molar-refractivity contribution in [2.45, 2.75) is 26.7 Å². The van der Waals surface area contributed by atoms with Gasteiger partial charge in [-0.3, -0.25) is 9.69 Å². The molecule has 2 aliphatic rings. The Hall–Kier alpha value is -1.96. The number of aromatic nitrogens is 3. The van der Waals surface area contributed by atoms with Gasteiger partial charge in [-0.2, -0.15) is 5.10 Å². The summed E-state index contributed by atoms with van der Waals surface area (Å²) in [6.07, 6.45) is 2.02. The van der Waals surface area contributed by atoms with Gasteiger partial charge >= 0.3 is 0 Å². The van der Waals surface area contributed by atoms with Gasteiger partial charge in [-0.15, -0.1) is 0 Å². The molecule has 0 aromatic carbocycles. The predicted octanol–water partition coefficient (Wildman–Crippen LogP) is 2.72. The molecule has 2 fully saturated rings. The lowest BCUT2D eigenvalue weighted by molar-refractivity contribution is 0.0242. The van der Waals surface area contributed by atoms with Crippen molar-refractivity contribution < 1.29 is 9.53 Å². The minimum Gasteiger partial charge on any atom is -0.379 e. The first-order valence-corrected chi connectivity index (χ1v) is 10.7. The molecule has 8 heteroatoms. The van der Waals surface area contributed by atoms with Gasteiger partial charge in [0.1, 0.15) is 5.69 Å². The number of ether oxygens (including phenoxy) is 1. The van der Waals surface area contributed by atoms with Crippen LogP contribution in [0.1, 0.15) is 34.7 Å². The molecule has 0 N–H and O–H groups in total. The third kappa shape index (κ3) is 4.63. The van der Waals surface area contributed by atoms with E-state index in [1.807, 2.05) is 24.8 Å². The van der Waals surface area contributed by atoms with Gasteiger partial charge in [0, 0.05) is 38.4 Å². The Kier molecular flexibility index (Phi) is 6.18. The third-order valence-electron chi connectivity index (χ3n) is 5.78. The summed E-state index contributed by atoms with van der Waals surface area (Å²) in [7, 11) is 0. The molecule has 2 saturated heterocycles. The van der Waals surface area contributed by atoms with Crippen LogP contribution in [0.3, 0.4) is 0 Å². The number of rotatable bonds is 4. The van der Waals surface area contributed by atoms with E-state index < -0.39 is 0 Å². The standard InChI is InChI=1S/C21H28ClN5O2/c1-15-13-16(2)27(24-15)19-4-3-18(22)20(23-19)21(28)26-7-5-17(6-8-26)14-25-9-11-29-12-10-25/h3-4,13,17H,5-12,14H2,1-2H3. The SMILES string of the molecule is Cc1cc(C)n(-c2ccc(Cl)c(C(=O)N3CCC(CN4CCOCC4)CC3)n2)n1. The molecule has 0 aliphatic carbocycles. The number of pyridine rings is 1. The molecular formula is C21H28ClN5O2. The molecule has 0 radical (unpaired) electrons. The van der Waals surface area contributed by atoms with Crippen molar-refractivity contribution in [3.8, 4) is 5.82 Å². The van der Waals surface area contributed by atoms with E-state index in [2.05, 4.69) is 15.0 Å². The van der Waals surface area contributed by atoms with E-state index >= 15 is 0 Å². The summed E-state index contributed by atoms with van der Waals surface area (Å²) in [5.41, 5.74) is 2.19. The van der Waals surface area contributed by atoms with Crippen LogP contribution in [-0.2, 0) is 4.74 Å². The molecule has 2 aromatic heterocycles. The molecule has 4 heterocycles. The molecule has 0 atom stereocenters. The number of likely N-dealkylation sites (tertiary alicyclic amines) is 1. The highest BCUT2D eigenvalue weighted by molar-refractivity contribution is 6.33. The summed E-state index contributed by atoms with van der Waals surface area (Å²) in [6, 6.07) is 5.52. The molecule has 0 unspecified atom stereocenters. The van der Waals surface area contributed by atoms with E-state index in [4.69, 9.17) is 16.3 Å². The Bertz CT molecular complexity index is 870. The number of nitrogens with zero attached hydrogens (tertiary/aromatic N) is 5. The number of hydrogen-bond acceptors (Lipinski definition) is 5. The zero-order chi connectivity index (χ0) is 20.4. The Morgan fingerprint density at radius 2 is 1.90 bits per heavy atom. The number of carbonyl (C=O) groups is 1. The van der Waals surface area contributed by atoms with Crippen molar-refractivity contribution in [3.63, 3.8) is 0 Å². The molecular weight excluding hydrogens is 390 g/mol. The number of carbonyl (C=O) groups excluding carboxylic acids is 1. The van der Waals surface area contributed by atoms with Gasteiger partial charge in [-0.1, -0.05) is 11.6 Å². The molecule has 4 rings (SSSR count). The second-order valence-electron chi connectivity index (χ2n) is 7.99. The summed E-state index contributed by atoms with van der Waals surface area (Å²) in [4.78, 5) is 22.0. The van der Waals surface area contributed by atoms with Gasteiger partial charge in [0.2, 0.25) is 0 Å². The van der Waals surface area contributed by atoms with Crippen molar-refractivity contribution in [3.05, 3.63) is 40.3 Å². The van der Waals surface area contributed by atoms with E-state index in [0.29, 0.717) is 22.5 Å². The van der Waals surface area contributed by atoms with E-state index in [9.17, 15) is 4.79 Å². The van der Waals surface area contributed by atoms with Gasteiger partial charge < -0.3 is 9.64 Å². The number of halogens is 1. The molecule has 1 amide bonds. The molecule has 0 spiro atoms. The zero-order valence-electron chi connectivity index (χ0n) is 17.1. The highest BCUT2D eigenvalue weighted by Crippen LogP contribution is 2.24. The average molecular weight is 418 g/mol. The van der Waals surface area contributed by atoms with Gasteiger partial charge in [0.25, 0.3) is 5.91 Å². The average Bonchev–Trinajstić information content (AvgIpc) is 3.07. The van der Waals surface area contributed by atoms with Gasteiger partial charge in [-0.05, 0) is 50.8 Å². The van der Waals surface area contributed by atoms with Crippen LogP contribution in [0.25, 0.3) is 5.82 Å². The summed E-state index contributed by atoms with van der Waals surface area (Å²) in [5, 5.41) is 4.85. The topological polar surface area (TPSA) is 63.5 Å². The highest BCUT2D eigenvalue weighted by Gasteiger charge is 2.27. The fraction of sp³-hybridized carbons (Fsp3) is 0.571. The molecule has 2 aliphatic heterocycles. The van der Waals surface area contributed by atoms with Crippen molar-refractivity contribution in [2.24, 2.45) is 5.92 Å². The Morgan fingerprint density at radius 3 is 2.55 bits per heavy atom. The quantitative estimate of drug-likeness (QED) is 0.765. The minimum atomic E-state index is -0.0943. The van der Waals surface area contributed by atoms with Crippen molar-refractivity contribution in [1.82, 2.24) is 24.6 Å². The van der Waals surface area contributed by atoms with Crippen molar-refractivity contribution in [2.75, 3.05) is 45.9 Å². The maximum absolute atomic E-state index is 13.1. The van der Waals surface area contributed by atoms with E-state index in [0.717, 1.165) is 70.2 Å². The van der Waals surface area contributed by atoms with Crippen LogP contribution < -0.4 is 0 Å². The fourth-order valence-electron chi connectivity index (χ4n) is 4.18. The summed E-state index contributed by atoms with van der Waals surface area (Å²) < 4.78 is 7.17. The lowest BCUT2D eigenvalue weighted by atomic mass is 9.95. The lowest BCUT2D eigenvalue weighted by Crippen LogP contribution is -2.44. The normalized spacial score (nSPS) is 18.9. The Balaban J connectivity index is 1.42. The second kappa shape index (κ2) is 8.81. The van der Waals surface area contributed by atoms with Crippen LogP contribution in [0.5, 0.6) is 0 Å². The van der Waals surface area contributed by atoms with E-state index in [-0.39, 0.29) is 5.91 Å². The first-order chi connectivity index (χ1) is 14.0. The molecule has 156 valence electrons. The number of amides is 1. The van der Waals surface area contributed by atoms with Crippen LogP contribution >= 0.6 is 11.6 Å². The third-order valence-corrected chi connectivity index (χ3v) is 6.09. The Labute approximate surface area is 176 Å². The van der Waals surface area contributed by atoms with Crippen molar-refractivity contribution >= 4 is 17.5 Å². The first kappa shape index (κ1) is 20.3. The fourth-order valence-corrected chi connectivity index (χ4v) is 4.36. The number of morpholine rings is 1. The maximum atomic E-state index is 13.1. The van der Waals surface area contributed by atoms with Crippen LogP contribution in [0.15, 0.2) is 18.2 Å². The Morgan fingerprint density at radius 1 is 1.17 bits per heavy atom. The van der Waals surface area contributed by atoms with Gasteiger partial charge in [-0.25, -0.2) is 9.67 Å². The van der Waals surface area contributed by atoms with E-state index in [1.165, 1.54) is 0 Å². The number of aryl methyl sites for hydroxylation is 2. The monoisotopic (exact) mass is 417 g/mol. The molecule has 0 bridgehead atoms. The smallest absolute Gasteiger partial charge is 0.274 e. The number of piperidine rings is 1. The summed E-state index contributed by atoms with van der Waals surface area (Å²) in [5.74, 6) is 1.15. The van der Waals surface area contributed by atoms with E-state index in [1.54, 1.807) is 16.8 Å². The molecule has 0 saturated carbocycles. The van der Waals surface area contributed by atoms with Crippen LogP contribution in [-0.4, -0.2) is 76.4 Å². The van der Waals surface area contributed by atoms with Crippen LogP contribution in [0.4, 0.5) is 0 Å². The van der Waals surface area contributed by atoms with Crippen molar-refractivity contribution in [1.29, 1.82) is 0 Å². The summed E-state index contributed by atoms with van der Waals surface area (Å²) >= 11 is 6.34. The highest BCUT2D eigenvalue weighted by atomic mass is 35.5. The lowest BCUT2D eigenvalue weighted by Gasteiger charge is -2.36. The second-order valence-corrected chi connectivity index (χ2v) is 8.39. The molecule has 7 nitrogen and oxygen atoms in total. The molecule has 29 heavy (non-hydrogen) atoms. The van der Waals surface area contributed by atoms with Gasteiger partial charge in [0.05, 0.1) is 23.9 Å². The zero-order valence-corrected chi connectivity index (χ0v) is 17.9. The maximum Gasteiger partial charge on any atom is 0.274 e.